The third-order valence-corrected chi connectivity index (χ3v) is 3.65. The summed E-state index contributed by atoms with van der Waals surface area (Å²) in [6, 6.07) is 10.9. The molecule has 1 aromatic carbocycles. The first-order chi connectivity index (χ1) is 12.2. The average Bonchev–Trinajstić information content (AvgIpc) is 3.00. The van der Waals surface area contributed by atoms with E-state index < -0.39 is 0 Å². The molecule has 4 aromatic rings. The molecular weight excluding hydrogens is 340 g/mol. The molecule has 0 atom stereocenters. The zero-order valence-corrected chi connectivity index (χ0v) is 14.0. The van der Waals surface area contributed by atoms with Crippen molar-refractivity contribution in [1.82, 2.24) is 24.7 Å². The Hall–Kier alpha value is -3.19. The number of hydrogen-bond donors (Lipinski definition) is 1. The van der Waals surface area contributed by atoms with Crippen molar-refractivity contribution in [3.8, 4) is 11.6 Å². The lowest BCUT2D eigenvalue weighted by Crippen LogP contribution is -1.97. The van der Waals surface area contributed by atoms with Crippen molar-refractivity contribution in [2.45, 2.75) is 0 Å². The van der Waals surface area contributed by atoms with Gasteiger partial charge in [0.25, 0.3) is 0 Å². The highest BCUT2D eigenvalue weighted by Gasteiger charge is 2.05. The molecule has 0 amide bonds. The van der Waals surface area contributed by atoms with E-state index in [1.54, 1.807) is 29.2 Å². The minimum atomic E-state index is 0.430. The molecule has 7 nitrogen and oxygen atoms in total. The lowest BCUT2D eigenvalue weighted by molar-refractivity contribution is 0.463. The zero-order valence-electron chi connectivity index (χ0n) is 13.2. The minimum absolute atomic E-state index is 0.430. The van der Waals surface area contributed by atoms with Gasteiger partial charge < -0.3 is 10.1 Å². The standard InChI is InChI=1S/C17H13ClN6O/c1-24-10-12(9-20-24)21-17-19-7-6-16(23-17)25-13-3-4-14-11(8-13)2-5-15(18)22-14/h2-10H,1H3,(H,19,21,23). The molecule has 0 fully saturated rings. The summed E-state index contributed by atoms with van der Waals surface area (Å²) in [5.74, 6) is 1.52. The van der Waals surface area contributed by atoms with Crippen LogP contribution in [0.4, 0.5) is 11.6 Å². The van der Waals surface area contributed by atoms with Gasteiger partial charge in [0.05, 0.1) is 17.4 Å². The van der Waals surface area contributed by atoms with Crippen LogP contribution in [0.5, 0.6) is 11.6 Å². The Labute approximate surface area is 148 Å². The highest BCUT2D eigenvalue weighted by atomic mass is 35.5. The fraction of sp³-hybridized carbons (Fsp3) is 0.0588. The molecule has 0 aliphatic rings. The number of aryl methyl sites for hydroxylation is 1. The van der Waals surface area contributed by atoms with Crippen molar-refractivity contribution in [2.75, 3.05) is 5.32 Å². The van der Waals surface area contributed by atoms with Crippen LogP contribution in [0.1, 0.15) is 0 Å². The third-order valence-electron chi connectivity index (χ3n) is 3.44. The quantitative estimate of drug-likeness (QED) is 0.560. The number of pyridine rings is 1. The van der Waals surface area contributed by atoms with Crippen molar-refractivity contribution in [2.24, 2.45) is 7.05 Å². The summed E-state index contributed by atoms with van der Waals surface area (Å²) >= 11 is 5.90. The predicted molar refractivity (Wildman–Crippen MR) is 95.3 cm³/mol. The van der Waals surface area contributed by atoms with Crippen LogP contribution in [0.15, 0.2) is 55.0 Å². The van der Waals surface area contributed by atoms with Crippen molar-refractivity contribution in [3.05, 3.63) is 60.1 Å². The van der Waals surface area contributed by atoms with E-state index in [0.29, 0.717) is 22.7 Å². The number of anilines is 2. The van der Waals surface area contributed by atoms with Crippen LogP contribution in [0.25, 0.3) is 10.9 Å². The van der Waals surface area contributed by atoms with Gasteiger partial charge >= 0.3 is 0 Å². The van der Waals surface area contributed by atoms with E-state index >= 15 is 0 Å². The molecular formula is C17H13ClN6O. The minimum Gasteiger partial charge on any atom is -0.439 e. The van der Waals surface area contributed by atoms with Crippen LogP contribution < -0.4 is 10.1 Å². The Morgan fingerprint density at radius 3 is 2.88 bits per heavy atom. The maximum atomic E-state index is 5.90. The molecule has 1 N–H and O–H groups in total. The van der Waals surface area contributed by atoms with Crippen molar-refractivity contribution in [1.29, 1.82) is 0 Å². The summed E-state index contributed by atoms with van der Waals surface area (Å²) in [7, 11) is 1.84. The fourth-order valence-electron chi connectivity index (χ4n) is 2.34. The van der Waals surface area contributed by atoms with Crippen LogP contribution in [0, 0.1) is 0 Å². The van der Waals surface area contributed by atoms with E-state index in [4.69, 9.17) is 16.3 Å². The topological polar surface area (TPSA) is 77.8 Å². The summed E-state index contributed by atoms with van der Waals surface area (Å²) < 4.78 is 7.52. The second kappa shape index (κ2) is 6.37. The largest absolute Gasteiger partial charge is 0.439 e. The molecule has 4 rings (SSSR count). The molecule has 25 heavy (non-hydrogen) atoms. The van der Waals surface area contributed by atoms with E-state index in [2.05, 4.69) is 25.4 Å². The van der Waals surface area contributed by atoms with Gasteiger partial charge in [0, 0.05) is 30.9 Å². The smallest absolute Gasteiger partial charge is 0.230 e. The average molecular weight is 353 g/mol. The van der Waals surface area contributed by atoms with Crippen molar-refractivity contribution in [3.63, 3.8) is 0 Å². The number of rotatable bonds is 4. The predicted octanol–water partition coefficient (Wildman–Crippen LogP) is 3.95. The van der Waals surface area contributed by atoms with Crippen LogP contribution in [-0.4, -0.2) is 24.7 Å². The van der Waals surface area contributed by atoms with Gasteiger partial charge in [0.2, 0.25) is 11.8 Å². The number of halogens is 1. The van der Waals surface area contributed by atoms with E-state index in [9.17, 15) is 0 Å². The number of ether oxygens (including phenoxy) is 1. The monoisotopic (exact) mass is 352 g/mol. The molecule has 3 heterocycles. The van der Waals surface area contributed by atoms with Gasteiger partial charge in [0.1, 0.15) is 10.9 Å². The lowest BCUT2D eigenvalue weighted by atomic mass is 10.2. The number of hydrogen-bond acceptors (Lipinski definition) is 6. The molecule has 0 unspecified atom stereocenters. The molecule has 0 bridgehead atoms. The number of nitrogens with zero attached hydrogens (tertiary/aromatic N) is 5. The molecule has 0 aliphatic carbocycles. The number of fused-ring (bicyclic) bond motifs is 1. The third kappa shape index (κ3) is 3.51. The first-order valence-corrected chi connectivity index (χ1v) is 7.86. The van der Waals surface area contributed by atoms with E-state index in [-0.39, 0.29) is 0 Å². The Balaban J connectivity index is 1.56. The SMILES string of the molecule is Cn1cc(Nc2nccc(Oc3ccc4nc(Cl)ccc4c3)n2)cn1. The first-order valence-electron chi connectivity index (χ1n) is 7.49. The molecule has 3 aromatic heterocycles. The maximum Gasteiger partial charge on any atom is 0.230 e. The van der Waals surface area contributed by atoms with Gasteiger partial charge in [-0.05, 0) is 30.3 Å². The van der Waals surface area contributed by atoms with Crippen molar-refractivity contribution < 1.29 is 4.74 Å². The van der Waals surface area contributed by atoms with Gasteiger partial charge in [-0.3, -0.25) is 4.68 Å². The zero-order chi connectivity index (χ0) is 17.2. The van der Waals surface area contributed by atoms with Gasteiger partial charge in [0.15, 0.2) is 0 Å². The Morgan fingerprint density at radius 1 is 1.12 bits per heavy atom. The van der Waals surface area contributed by atoms with Crippen LogP contribution in [-0.2, 0) is 7.05 Å². The van der Waals surface area contributed by atoms with E-state index in [1.807, 2.05) is 37.5 Å². The number of benzene rings is 1. The molecule has 0 saturated carbocycles. The van der Waals surface area contributed by atoms with Crippen molar-refractivity contribution >= 4 is 34.1 Å². The van der Waals surface area contributed by atoms with Gasteiger partial charge in [-0.15, -0.1) is 0 Å². The number of aromatic nitrogens is 5. The van der Waals surface area contributed by atoms with Crippen LogP contribution in [0.2, 0.25) is 5.15 Å². The fourth-order valence-corrected chi connectivity index (χ4v) is 2.49. The van der Waals surface area contributed by atoms with Crippen LogP contribution >= 0.6 is 11.6 Å². The Bertz CT molecular complexity index is 1050. The first kappa shape index (κ1) is 15.3. The summed E-state index contributed by atoms with van der Waals surface area (Å²) in [5.41, 5.74) is 1.61. The number of nitrogens with one attached hydrogen (secondary N) is 1. The second-order valence-electron chi connectivity index (χ2n) is 5.34. The normalized spacial score (nSPS) is 10.8. The lowest BCUT2D eigenvalue weighted by Gasteiger charge is -2.07. The summed E-state index contributed by atoms with van der Waals surface area (Å²) in [6.07, 6.45) is 5.15. The highest BCUT2D eigenvalue weighted by Crippen LogP contribution is 2.25. The van der Waals surface area contributed by atoms with Gasteiger partial charge in [-0.1, -0.05) is 11.6 Å². The molecule has 0 saturated heterocycles. The molecule has 0 aliphatic heterocycles. The van der Waals surface area contributed by atoms with E-state index in [1.165, 1.54) is 0 Å². The van der Waals surface area contributed by atoms with Gasteiger partial charge in [-0.2, -0.15) is 10.1 Å². The highest BCUT2D eigenvalue weighted by molar-refractivity contribution is 6.29. The van der Waals surface area contributed by atoms with Crippen LogP contribution in [0.3, 0.4) is 0 Å². The molecule has 8 heteroatoms. The molecule has 124 valence electrons. The molecule has 0 spiro atoms. The second-order valence-corrected chi connectivity index (χ2v) is 5.72. The summed E-state index contributed by atoms with van der Waals surface area (Å²) in [5, 5.41) is 8.56. The van der Waals surface area contributed by atoms with Gasteiger partial charge in [-0.25, -0.2) is 9.97 Å². The Kier molecular flexibility index (Phi) is 3.91. The maximum absolute atomic E-state index is 5.90. The summed E-state index contributed by atoms with van der Waals surface area (Å²) in [4.78, 5) is 12.8. The van der Waals surface area contributed by atoms with E-state index in [0.717, 1.165) is 16.6 Å². The summed E-state index contributed by atoms with van der Waals surface area (Å²) in [6.45, 7) is 0. The Morgan fingerprint density at radius 2 is 2.04 bits per heavy atom. The molecule has 0 radical (unpaired) electrons.